The Morgan fingerprint density at radius 3 is 2.22 bits per heavy atom. The lowest BCUT2D eigenvalue weighted by Crippen LogP contribution is -2.49. The first-order chi connectivity index (χ1) is 11.0. The van der Waals surface area contributed by atoms with Gasteiger partial charge in [0.25, 0.3) is 0 Å². The van der Waals surface area contributed by atoms with Gasteiger partial charge in [0.05, 0.1) is 9.92 Å². The maximum Gasteiger partial charge on any atom is 0.243 e. The molecule has 5 nitrogen and oxygen atoms in total. The van der Waals surface area contributed by atoms with Crippen LogP contribution in [-0.4, -0.2) is 43.9 Å². The molecule has 8 heteroatoms. The second-order valence-corrected chi connectivity index (χ2v) is 7.94. The van der Waals surface area contributed by atoms with E-state index in [9.17, 15) is 8.42 Å². The van der Waals surface area contributed by atoms with Gasteiger partial charge in [-0.1, -0.05) is 23.2 Å². The van der Waals surface area contributed by atoms with E-state index >= 15 is 0 Å². The lowest BCUT2D eigenvalue weighted by Gasteiger charge is -2.35. The van der Waals surface area contributed by atoms with E-state index in [0.29, 0.717) is 42.0 Å². The molecule has 0 unspecified atom stereocenters. The highest BCUT2D eigenvalue weighted by Gasteiger charge is 2.29. The van der Waals surface area contributed by atoms with Gasteiger partial charge in [0.1, 0.15) is 5.82 Å². The lowest BCUT2D eigenvalue weighted by atomic mass is 10.3. The second kappa shape index (κ2) is 6.65. The number of hydrogen-bond donors (Lipinski definition) is 0. The molecule has 0 bridgehead atoms. The van der Waals surface area contributed by atoms with Crippen LogP contribution in [0.4, 0.5) is 5.82 Å². The monoisotopic (exact) mass is 371 g/mol. The molecule has 1 aliphatic heterocycles. The summed E-state index contributed by atoms with van der Waals surface area (Å²) in [6.45, 7) is 1.86. The summed E-state index contributed by atoms with van der Waals surface area (Å²) < 4.78 is 26.7. The molecule has 1 aromatic heterocycles. The molecule has 3 rings (SSSR count). The van der Waals surface area contributed by atoms with Crippen molar-refractivity contribution in [3.05, 3.63) is 52.6 Å². The van der Waals surface area contributed by atoms with Crippen molar-refractivity contribution in [1.29, 1.82) is 0 Å². The van der Waals surface area contributed by atoms with Crippen LogP contribution in [0.3, 0.4) is 0 Å². The van der Waals surface area contributed by atoms with E-state index < -0.39 is 10.0 Å². The van der Waals surface area contributed by atoms with Crippen LogP contribution in [-0.2, 0) is 10.0 Å². The lowest BCUT2D eigenvalue weighted by molar-refractivity contribution is 0.384. The molecular weight excluding hydrogens is 357 g/mol. The zero-order valence-electron chi connectivity index (χ0n) is 12.2. The molecule has 0 atom stereocenters. The average molecular weight is 372 g/mol. The third-order valence-electron chi connectivity index (χ3n) is 3.73. The van der Waals surface area contributed by atoms with Crippen LogP contribution in [0, 0.1) is 0 Å². The topological polar surface area (TPSA) is 53.5 Å². The molecule has 23 heavy (non-hydrogen) atoms. The normalized spacial score (nSPS) is 16.5. The van der Waals surface area contributed by atoms with Crippen LogP contribution in [0.25, 0.3) is 0 Å². The molecule has 0 N–H and O–H groups in total. The number of piperazine rings is 1. The van der Waals surface area contributed by atoms with Crippen molar-refractivity contribution in [1.82, 2.24) is 9.29 Å². The molecule has 1 aliphatic rings. The first kappa shape index (κ1) is 16.5. The van der Waals surface area contributed by atoms with Gasteiger partial charge in [-0.25, -0.2) is 13.4 Å². The Hall–Kier alpha value is -1.34. The molecular formula is C15H15Cl2N3O2S. The maximum absolute atomic E-state index is 12.6. The van der Waals surface area contributed by atoms with E-state index in [4.69, 9.17) is 23.2 Å². The largest absolute Gasteiger partial charge is 0.353 e. The summed E-state index contributed by atoms with van der Waals surface area (Å²) in [7, 11) is -3.50. The summed E-state index contributed by atoms with van der Waals surface area (Å²) in [5, 5.41) is 1.08. The van der Waals surface area contributed by atoms with Crippen LogP contribution in [0.2, 0.25) is 10.0 Å². The molecule has 2 heterocycles. The van der Waals surface area contributed by atoms with Crippen molar-refractivity contribution in [2.45, 2.75) is 4.90 Å². The summed E-state index contributed by atoms with van der Waals surface area (Å²) in [5.74, 6) is 0.692. The Kier molecular flexibility index (Phi) is 4.77. The predicted molar refractivity (Wildman–Crippen MR) is 91.7 cm³/mol. The molecule has 0 amide bonds. The standard InChI is InChI=1S/C15H15Cl2N3O2S/c16-12-3-5-13(6-4-12)23(21,22)20-10-8-19(9-11-20)15-14(17)2-1-7-18-15/h1-7H,8-11H2. The van der Waals surface area contributed by atoms with E-state index in [2.05, 4.69) is 4.98 Å². The number of sulfonamides is 1. The number of rotatable bonds is 3. The minimum Gasteiger partial charge on any atom is -0.353 e. The van der Waals surface area contributed by atoms with Gasteiger partial charge < -0.3 is 4.90 Å². The Morgan fingerprint density at radius 1 is 0.957 bits per heavy atom. The van der Waals surface area contributed by atoms with Gasteiger partial charge in [-0.15, -0.1) is 0 Å². The van der Waals surface area contributed by atoms with E-state index in [1.54, 1.807) is 30.5 Å². The minimum absolute atomic E-state index is 0.256. The Balaban J connectivity index is 1.74. The first-order valence-electron chi connectivity index (χ1n) is 7.10. The SMILES string of the molecule is O=S(=O)(c1ccc(Cl)cc1)N1CCN(c2ncccc2Cl)CC1. The molecule has 122 valence electrons. The van der Waals surface area contributed by atoms with Gasteiger partial charge in [0, 0.05) is 37.4 Å². The van der Waals surface area contributed by atoms with E-state index in [0.717, 1.165) is 0 Å². The van der Waals surface area contributed by atoms with Gasteiger partial charge in [-0.05, 0) is 36.4 Å². The molecule has 0 spiro atoms. The number of benzene rings is 1. The molecule has 0 aliphatic carbocycles. The van der Waals surface area contributed by atoms with Crippen molar-refractivity contribution in [2.24, 2.45) is 0 Å². The van der Waals surface area contributed by atoms with Gasteiger partial charge >= 0.3 is 0 Å². The van der Waals surface area contributed by atoms with Crippen molar-refractivity contribution in [3.8, 4) is 0 Å². The smallest absolute Gasteiger partial charge is 0.243 e. The van der Waals surface area contributed by atoms with Crippen LogP contribution in [0.15, 0.2) is 47.5 Å². The van der Waals surface area contributed by atoms with Crippen LogP contribution < -0.4 is 4.90 Å². The number of hydrogen-bond acceptors (Lipinski definition) is 4. The highest BCUT2D eigenvalue weighted by Crippen LogP contribution is 2.25. The Labute approximate surface area is 145 Å². The number of anilines is 1. The van der Waals surface area contributed by atoms with Crippen molar-refractivity contribution < 1.29 is 8.42 Å². The summed E-state index contributed by atoms with van der Waals surface area (Å²) in [6, 6.07) is 9.77. The number of aromatic nitrogens is 1. The molecule has 0 saturated carbocycles. The van der Waals surface area contributed by atoms with Gasteiger partial charge in [0.15, 0.2) is 0 Å². The Bertz CT molecular complexity index is 789. The van der Waals surface area contributed by atoms with Crippen molar-refractivity contribution in [2.75, 3.05) is 31.1 Å². The molecule has 1 fully saturated rings. The van der Waals surface area contributed by atoms with Gasteiger partial charge in [-0.2, -0.15) is 4.31 Å². The molecule has 1 aromatic carbocycles. The predicted octanol–water partition coefficient (Wildman–Crippen LogP) is 2.90. The Morgan fingerprint density at radius 2 is 1.61 bits per heavy atom. The van der Waals surface area contributed by atoms with Crippen LogP contribution >= 0.6 is 23.2 Å². The quantitative estimate of drug-likeness (QED) is 0.832. The summed E-state index contributed by atoms with van der Waals surface area (Å²) in [6.07, 6.45) is 1.68. The fourth-order valence-electron chi connectivity index (χ4n) is 2.51. The van der Waals surface area contributed by atoms with E-state index in [1.165, 1.54) is 16.4 Å². The zero-order chi connectivity index (χ0) is 16.4. The third kappa shape index (κ3) is 3.45. The number of pyridine rings is 1. The van der Waals surface area contributed by atoms with Gasteiger partial charge in [-0.3, -0.25) is 0 Å². The molecule has 2 aromatic rings. The fourth-order valence-corrected chi connectivity index (χ4v) is 4.30. The molecule has 1 saturated heterocycles. The van der Waals surface area contributed by atoms with E-state index in [-0.39, 0.29) is 4.90 Å². The second-order valence-electron chi connectivity index (χ2n) is 5.15. The minimum atomic E-state index is -3.50. The fraction of sp³-hybridized carbons (Fsp3) is 0.267. The summed E-state index contributed by atoms with van der Waals surface area (Å²) >= 11 is 12.0. The third-order valence-corrected chi connectivity index (χ3v) is 6.19. The van der Waals surface area contributed by atoms with E-state index in [1.807, 2.05) is 4.90 Å². The summed E-state index contributed by atoms with van der Waals surface area (Å²) in [4.78, 5) is 6.52. The van der Waals surface area contributed by atoms with Crippen molar-refractivity contribution >= 4 is 39.0 Å². The zero-order valence-corrected chi connectivity index (χ0v) is 14.5. The maximum atomic E-state index is 12.6. The number of nitrogens with zero attached hydrogens (tertiary/aromatic N) is 3. The average Bonchev–Trinajstić information content (AvgIpc) is 2.56. The highest BCUT2D eigenvalue weighted by atomic mass is 35.5. The first-order valence-corrected chi connectivity index (χ1v) is 9.29. The van der Waals surface area contributed by atoms with Crippen molar-refractivity contribution in [3.63, 3.8) is 0 Å². The van der Waals surface area contributed by atoms with Crippen LogP contribution in [0.5, 0.6) is 0 Å². The summed E-state index contributed by atoms with van der Waals surface area (Å²) in [5.41, 5.74) is 0. The number of halogens is 2. The van der Waals surface area contributed by atoms with Crippen LogP contribution in [0.1, 0.15) is 0 Å². The molecule has 0 radical (unpaired) electrons. The highest BCUT2D eigenvalue weighted by molar-refractivity contribution is 7.89. The van der Waals surface area contributed by atoms with Gasteiger partial charge in [0.2, 0.25) is 10.0 Å².